The van der Waals surface area contributed by atoms with E-state index in [1.54, 1.807) is 32.6 Å². The van der Waals surface area contributed by atoms with Crippen LogP contribution in [0.3, 0.4) is 0 Å². The lowest BCUT2D eigenvalue weighted by molar-refractivity contribution is -0.145. The molecule has 1 saturated heterocycles. The van der Waals surface area contributed by atoms with E-state index in [0.29, 0.717) is 12.8 Å². The number of likely N-dealkylation sites (tertiary alicyclic amines) is 1. The van der Waals surface area contributed by atoms with Crippen LogP contribution in [0.4, 0.5) is 0 Å². The number of aliphatic carboxylic acids is 1. The maximum Gasteiger partial charge on any atom is 0.349 e. The molecule has 2 rings (SSSR count). The maximum absolute atomic E-state index is 13.9. The second-order valence-electron chi connectivity index (χ2n) is 8.90. The van der Waals surface area contributed by atoms with Gasteiger partial charge in [-0.15, -0.1) is 0 Å². The van der Waals surface area contributed by atoms with E-state index in [0.717, 1.165) is 5.56 Å². The highest BCUT2D eigenvalue weighted by molar-refractivity contribution is 7.54. The Morgan fingerprint density at radius 1 is 0.923 bits per heavy atom. The Bertz CT molecular complexity index is 978. The summed E-state index contributed by atoms with van der Waals surface area (Å²) in [7, 11) is -7.00. The lowest BCUT2D eigenvalue weighted by atomic mass is 10.1. The number of amides is 1. The van der Waals surface area contributed by atoms with E-state index in [1.165, 1.54) is 4.90 Å². The van der Waals surface area contributed by atoms with E-state index < -0.39 is 33.2 Å². The number of carboxylic acid groups (broad SMARTS) is 1. The molecule has 2 N–H and O–H groups in total. The quantitative estimate of drug-likeness (QED) is 0.178. The van der Waals surface area contributed by atoms with Gasteiger partial charge in [0.1, 0.15) is 12.3 Å². The predicted octanol–water partition coefficient (Wildman–Crippen LogP) is 3.97. The number of benzene rings is 1. The first-order valence-electron chi connectivity index (χ1n) is 13.4. The summed E-state index contributed by atoms with van der Waals surface area (Å²) in [4.78, 5) is 29.0. The first-order valence-corrected chi connectivity index (χ1v) is 16.9. The van der Waals surface area contributed by atoms with Crippen LogP contribution < -0.4 is 5.32 Å². The lowest BCUT2D eigenvalue weighted by Gasteiger charge is -2.33. The van der Waals surface area contributed by atoms with E-state index >= 15 is 0 Å². The van der Waals surface area contributed by atoms with Crippen LogP contribution in [0.25, 0.3) is 0 Å². The van der Waals surface area contributed by atoms with Gasteiger partial charge in [0, 0.05) is 19.6 Å². The van der Waals surface area contributed by atoms with Crippen LogP contribution >= 0.6 is 15.2 Å². The van der Waals surface area contributed by atoms with Crippen molar-refractivity contribution in [2.24, 2.45) is 0 Å². The van der Waals surface area contributed by atoms with Crippen LogP contribution in [0.5, 0.6) is 0 Å². The van der Waals surface area contributed by atoms with E-state index in [9.17, 15) is 23.8 Å². The van der Waals surface area contributed by atoms with Crippen LogP contribution in [-0.4, -0.2) is 91.0 Å². The number of rotatable bonds is 19. The highest BCUT2D eigenvalue weighted by atomic mass is 31.2. The fourth-order valence-electron chi connectivity index (χ4n) is 4.54. The average Bonchev–Trinajstić information content (AvgIpc) is 3.30. The van der Waals surface area contributed by atoms with Gasteiger partial charge in [-0.3, -0.25) is 23.6 Å². The highest BCUT2D eigenvalue weighted by Crippen LogP contribution is 2.49. The first kappa shape index (κ1) is 33.6. The molecule has 2 atom stereocenters. The molecule has 1 fully saturated rings. The normalized spacial score (nSPS) is 18.4. The van der Waals surface area contributed by atoms with Gasteiger partial charge in [0.2, 0.25) is 5.91 Å². The number of hydrogen-bond donors (Lipinski definition) is 2. The molecule has 0 unspecified atom stereocenters. The van der Waals surface area contributed by atoms with E-state index in [1.807, 2.05) is 30.3 Å². The van der Waals surface area contributed by atoms with Crippen LogP contribution in [0.15, 0.2) is 30.3 Å². The van der Waals surface area contributed by atoms with Gasteiger partial charge < -0.3 is 33.4 Å². The number of nitrogens with one attached hydrogen (secondary N) is 1. The largest absolute Gasteiger partial charge is 0.480 e. The molecule has 1 heterocycles. The molecule has 1 amide bonds. The Morgan fingerprint density at radius 2 is 1.46 bits per heavy atom. The standard InChI is InChI=1S/C25H43N3O9P2/c1-5-34-38(32,35-6-2)19-26-16-17-27(20-39(33,36-7-3)37-8-4)24(29)22-14-15-23(25(30)31)28(22)18-21-12-10-9-11-13-21/h9-13,22-23,26H,5-8,14-20H2,1-4H3,(H,30,31)/t22-,23+/m0/s1. The third-order valence-corrected chi connectivity index (χ3v) is 10.0. The van der Waals surface area contributed by atoms with Crippen molar-refractivity contribution >= 4 is 27.1 Å². The molecular weight excluding hydrogens is 548 g/mol. The Balaban J connectivity index is 2.25. The summed E-state index contributed by atoms with van der Waals surface area (Å²) in [6, 6.07) is 7.80. The van der Waals surface area contributed by atoms with Gasteiger partial charge in [-0.25, -0.2) is 0 Å². The van der Waals surface area contributed by atoms with Gasteiger partial charge >= 0.3 is 21.2 Å². The fourth-order valence-corrected chi connectivity index (χ4v) is 7.74. The van der Waals surface area contributed by atoms with Crippen molar-refractivity contribution < 1.29 is 41.9 Å². The van der Waals surface area contributed by atoms with Crippen molar-refractivity contribution in [1.29, 1.82) is 0 Å². The molecule has 39 heavy (non-hydrogen) atoms. The number of carbonyl (C=O) groups is 2. The van der Waals surface area contributed by atoms with Gasteiger partial charge in [0.05, 0.1) is 38.8 Å². The van der Waals surface area contributed by atoms with Crippen molar-refractivity contribution in [1.82, 2.24) is 15.1 Å². The maximum atomic E-state index is 13.9. The second kappa shape index (κ2) is 16.6. The third-order valence-electron chi connectivity index (χ3n) is 6.12. The van der Waals surface area contributed by atoms with Crippen molar-refractivity contribution in [3.63, 3.8) is 0 Å². The van der Waals surface area contributed by atoms with Crippen LogP contribution in [0.2, 0.25) is 0 Å². The van der Waals surface area contributed by atoms with Crippen molar-refractivity contribution in [3.05, 3.63) is 35.9 Å². The molecule has 0 spiro atoms. The summed E-state index contributed by atoms with van der Waals surface area (Å²) in [5, 5.41) is 12.9. The van der Waals surface area contributed by atoms with E-state index in [-0.39, 0.29) is 64.5 Å². The van der Waals surface area contributed by atoms with Gasteiger partial charge in [-0.1, -0.05) is 30.3 Å². The third kappa shape index (κ3) is 10.4. The zero-order valence-corrected chi connectivity index (χ0v) is 25.1. The minimum Gasteiger partial charge on any atom is -0.480 e. The summed E-state index contributed by atoms with van der Waals surface area (Å²) in [5.74, 6) is -1.36. The van der Waals surface area contributed by atoms with Crippen molar-refractivity contribution in [3.8, 4) is 0 Å². The summed E-state index contributed by atoms with van der Waals surface area (Å²) in [6.45, 7) is 8.09. The summed E-state index contributed by atoms with van der Waals surface area (Å²) in [6.07, 6.45) is 0.294. The SMILES string of the molecule is CCOP(=O)(CNCCN(CP(=O)(OCC)OCC)C(=O)[C@@H]1CC[C@H](C(=O)O)N1Cc1ccccc1)OCC. The predicted molar refractivity (Wildman–Crippen MR) is 148 cm³/mol. The zero-order chi connectivity index (χ0) is 28.9. The zero-order valence-electron chi connectivity index (χ0n) is 23.3. The molecule has 12 nitrogen and oxygen atoms in total. The summed E-state index contributed by atoms with van der Waals surface area (Å²) < 4.78 is 47.7. The number of carbonyl (C=O) groups excluding carboxylic acids is 1. The minimum atomic E-state index is -3.65. The molecule has 0 radical (unpaired) electrons. The first-order chi connectivity index (χ1) is 18.6. The van der Waals surface area contributed by atoms with Crippen LogP contribution in [0, 0.1) is 0 Å². The van der Waals surface area contributed by atoms with E-state index in [2.05, 4.69) is 5.32 Å². The molecule has 14 heteroatoms. The molecule has 1 aromatic rings. The Labute approximate surface area is 231 Å². The van der Waals surface area contributed by atoms with E-state index in [4.69, 9.17) is 18.1 Å². The Kier molecular flexibility index (Phi) is 14.3. The number of hydrogen-bond acceptors (Lipinski definition) is 10. The molecule has 0 bridgehead atoms. The molecular formula is C25H43N3O9P2. The topological polar surface area (TPSA) is 144 Å². The molecule has 0 aliphatic carbocycles. The van der Waals surface area contributed by atoms with Gasteiger partial charge in [-0.2, -0.15) is 0 Å². The summed E-state index contributed by atoms with van der Waals surface area (Å²) >= 11 is 0. The van der Waals surface area contributed by atoms with Gasteiger partial charge in [0.25, 0.3) is 0 Å². The average molecular weight is 592 g/mol. The molecule has 0 saturated carbocycles. The Hall–Kier alpha value is -1.62. The Morgan fingerprint density at radius 3 is 2.00 bits per heavy atom. The molecule has 0 aromatic heterocycles. The van der Waals surface area contributed by atoms with Crippen molar-refractivity contribution in [2.45, 2.75) is 59.2 Å². The van der Waals surface area contributed by atoms with Gasteiger partial charge in [-0.05, 0) is 46.1 Å². The highest BCUT2D eigenvalue weighted by Gasteiger charge is 2.44. The minimum absolute atomic E-state index is 0.0596. The van der Waals surface area contributed by atoms with Crippen LogP contribution in [-0.2, 0) is 43.4 Å². The fraction of sp³-hybridized carbons (Fsp3) is 0.680. The van der Waals surface area contributed by atoms with Crippen LogP contribution in [0.1, 0.15) is 46.1 Å². The molecule has 222 valence electrons. The number of carboxylic acids is 1. The molecule has 1 aliphatic heterocycles. The second-order valence-corrected chi connectivity index (χ2v) is 13.0. The number of nitrogens with zero attached hydrogens (tertiary/aromatic N) is 2. The summed E-state index contributed by atoms with van der Waals surface area (Å²) in [5.41, 5.74) is 0.883. The monoisotopic (exact) mass is 591 g/mol. The van der Waals surface area contributed by atoms with Gasteiger partial charge in [0.15, 0.2) is 0 Å². The molecule has 1 aromatic carbocycles. The lowest BCUT2D eigenvalue weighted by Crippen LogP contribution is -2.50. The van der Waals surface area contributed by atoms with Crippen molar-refractivity contribution in [2.75, 3.05) is 52.1 Å². The molecule has 1 aliphatic rings. The smallest absolute Gasteiger partial charge is 0.349 e.